The average Bonchev–Trinajstić information content (AvgIpc) is 2.95. The highest BCUT2D eigenvalue weighted by Gasteiger charge is 2.43. The average molecular weight is 307 g/mol. The molecule has 7 heteroatoms. The number of fused-ring (bicyclic) bond motifs is 2. The van der Waals surface area contributed by atoms with Crippen molar-refractivity contribution in [2.45, 2.75) is 12.1 Å². The fourth-order valence-electron chi connectivity index (χ4n) is 3.33. The Morgan fingerprint density at radius 3 is 3.00 bits per heavy atom. The molecule has 2 unspecified atom stereocenters. The van der Waals surface area contributed by atoms with E-state index >= 15 is 0 Å². The fraction of sp³-hybridized carbons (Fsp3) is 0.429. The lowest BCUT2D eigenvalue weighted by Gasteiger charge is -2.37. The van der Waals surface area contributed by atoms with Crippen LogP contribution in [0.3, 0.4) is 0 Å². The zero-order chi connectivity index (χ0) is 14.6. The van der Waals surface area contributed by atoms with Crippen molar-refractivity contribution in [3.63, 3.8) is 0 Å². The molecule has 0 saturated carbocycles. The Bertz CT molecular complexity index is 799. The summed E-state index contributed by atoms with van der Waals surface area (Å²) in [4.78, 5) is 2.07. The van der Waals surface area contributed by atoms with E-state index in [1.165, 1.54) is 0 Å². The number of anilines is 2. The Morgan fingerprint density at radius 1 is 1.29 bits per heavy atom. The number of benzene rings is 1. The quantitative estimate of drug-likeness (QED) is 0.750. The summed E-state index contributed by atoms with van der Waals surface area (Å²) in [5.41, 5.74) is 7.25. The summed E-state index contributed by atoms with van der Waals surface area (Å²) in [6.07, 6.45) is 0. The summed E-state index contributed by atoms with van der Waals surface area (Å²) in [5, 5.41) is 4.24. The molecule has 0 radical (unpaired) electrons. The van der Waals surface area contributed by atoms with Crippen LogP contribution in [0.2, 0.25) is 0 Å². The van der Waals surface area contributed by atoms with Gasteiger partial charge in [0.2, 0.25) is 0 Å². The molecule has 0 bridgehead atoms. The standard InChI is InChI=1S/C14H17N3O3S/c15-10-1-2-13-9(5-10)6-14(20-13)17-4-3-16-11-7-21(18,19)8-12(11)17/h1-2,5-6,11-12,16H,3-4,7-8,15H2. The van der Waals surface area contributed by atoms with E-state index in [1.807, 2.05) is 18.2 Å². The molecule has 6 nitrogen and oxygen atoms in total. The van der Waals surface area contributed by atoms with Crippen LogP contribution in [-0.4, -0.2) is 45.1 Å². The Labute approximate surface area is 122 Å². The van der Waals surface area contributed by atoms with Gasteiger partial charge in [-0.25, -0.2) is 8.42 Å². The van der Waals surface area contributed by atoms with Crippen LogP contribution in [0.25, 0.3) is 11.0 Å². The molecule has 2 fully saturated rings. The number of sulfone groups is 1. The zero-order valence-electron chi connectivity index (χ0n) is 11.5. The van der Waals surface area contributed by atoms with Gasteiger partial charge in [0, 0.05) is 36.3 Å². The van der Waals surface area contributed by atoms with E-state index in [-0.39, 0.29) is 23.6 Å². The molecular weight excluding hydrogens is 290 g/mol. The predicted molar refractivity (Wildman–Crippen MR) is 82.2 cm³/mol. The summed E-state index contributed by atoms with van der Waals surface area (Å²) < 4.78 is 29.6. The molecule has 112 valence electrons. The van der Waals surface area contributed by atoms with Gasteiger partial charge in [0.05, 0.1) is 17.5 Å². The fourth-order valence-corrected chi connectivity index (χ4v) is 5.29. The lowest BCUT2D eigenvalue weighted by atomic mass is 10.1. The Kier molecular flexibility index (Phi) is 2.71. The lowest BCUT2D eigenvalue weighted by molar-refractivity contribution is 0.404. The summed E-state index contributed by atoms with van der Waals surface area (Å²) in [6.45, 7) is 1.50. The van der Waals surface area contributed by atoms with Gasteiger partial charge in [0.15, 0.2) is 15.7 Å². The van der Waals surface area contributed by atoms with E-state index in [2.05, 4.69) is 10.2 Å². The number of furan rings is 1. The van der Waals surface area contributed by atoms with Crippen LogP contribution >= 0.6 is 0 Å². The molecule has 2 aromatic rings. The maximum absolute atomic E-state index is 11.9. The van der Waals surface area contributed by atoms with E-state index in [0.717, 1.165) is 29.9 Å². The van der Waals surface area contributed by atoms with Crippen LogP contribution in [0, 0.1) is 0 Å². The number of nitrogen functional groups attached to an aromatic ring is 1. The van der Waals surface area contributed by atoms with Gasteiger partial charge < -0.3 is 20.4 Å². The van der Waals surface area contributed by atoms with E-state index in [0.29, 0.717) is 5.69 Å². The third kappa shape index (κ3) is 2.16. The first-order valence-electron chi connectivity index (χ1n) is 7.01. The molecular formula is C14H17N3O3S. The molecule has 1 aromatic carbocycles. The number of hydrogen-bond donors (Lipinski definition) is 2. The zero-order valence-corrected chi connectivity index (χ0v) is 12.3. The minimum Gasteiger partial charge on any atom is -0.441 e. The number of nitrogens with one attached hydrogen (secondary N) is 1. The van der Waals surface area contributed by atoms with E-state index < -0.39 is 9.84 Å². The van der Waals surface area contributed by atoms with Gasteiger partial charge >= 0.3 is 0 Å². The number of hydrogen-bond acceptors (Lipinski definition) is 6. The van der Waals surface area contributed by atoms with Crippen LogP contribution in [0.1, 0.15) is 0 Å². The molecule has 0 amide bonds. The number of rotatable bonds is 1. The summed E-state index contributed by atoms with van der Waals surface area (Å²) in [6, 6.07) is 7.39. The van der Waals surface area contributed by atoms with Crippen molar-refractivity contribution < 1.29 is 12.8 Å². The highest BCUT2D eigenvalue weighted by Crippen LogP contribution is 2.32. The van der Waals surface area contributed by atoms with Gasteiger partial charge in [-0.05, 0) is 18.2 Å². The van der Waals surface area contributed by atoms with Crippen LogP contribution in [0.4, 0.5) is 11.6 Å². The monoisotopic (exact) mass is 307 g/mol. The van der Waals surface area contributed by atoms with Crippen molar-refractivity contribution in [3.05, 3.63) is 24.3 Å². The largest absolute Gasteiger partial charge is 0.441 e. The van der Waals surface area contributed by atoms with E-state index in [1.54, 1.807) is 6.07 Å². The van der Waals surface area contributed by atoms with Crippen molar-refractivity contribution >= 4 is 32.4 Å². The lowest BCUT2D eigenvalue weighted by Crippen LogP contribution is -2.57. The highest BCUT2D eigenvalue weighted by molar-refractivity contribution is 7.91. The minimum absolute atomic E-state index is 0.0120. The second-order valence-electron chi connectivity index (χ2n) is 5.78. The molecule has 2 saturated heterocycles. The second kappa shape index (κ2) is 4.38. The summed E-state index contributed by atoms with van der Waals surface area (Å²) in [5.74, 6) is 1.12. The smallest absolute Gasteiger partial charge is 0.197 e. The molecule has 3 N–H and O–H groups in total. The number of nitrogens with two attached hydrogens (primary N) is 1. The van der Waals surface area contributed by atoms with Crippen molar-refractivity contribution in [1.29, 1.82) is 0 Å². The van der Waals surface area contributed by atoms with Gasteiger partial charge in [-0.2, -0.15) is 0 Å². The molecule has 21 heavy (non-hydrogen) atoms. The van der Waals surface area contributed by atoms with Crippen LogP contribution in [0.5, 0.6) is 0 Å². The van der Waals surface area contributed by atoms with E-state index in [4.69, 9.17) is 10.2 Å². The van der Waals surface area contributed by atoms with Crippen LogP contribution in [-0.2, 0) is 9.84 Å². The molecule has 2 atom stereocenters. The van der Waals surface area contributed by atoms with Gasteiger partial charge in [-0.15, -0.1) is 0 Å². The van der Waals surface area contributed by atoms with Crippen molar-refractivity contribution in [1.82, 2.24) is 5.32 Å². The first-order valence-corrected chi connectivity index (χ1v) is 8.83. The van der Waals surface area contributed by atoms with Gasteiger partial charge in [0.25, 0.3) is 0 Å². The maximum Gasteiger partial charge on any atom is 0.197 e. The highest BCUT2D eigenvalue weighted by atomic mass is 32.2. The number of piperazine rings is 1. The van der Waals surface area contributed by atoms with Crippen molar-refractivity contribution in [2.24, 2.45) is 0 Å². The molecule has 2 aliphatic heterocycles. The summed E-state index contributed by atoms with van der Waals surface area (Å²) in [7, 11) is -2.97. The van der Waals surface area contributed by atoms with Crippen molar-refractivity contribution in [2.75, 3.05) is 35.2 Å². The van der Waals surface area contributed by atoms with Crippen molar-refractivity contribution in [3.8, 4) is 0 Å². The molecule has 2 aliphatic rings. The third-order valence-corrected chi connectivity index (χ3v) is 6.01. The van der Waals surface area contributed by atoms with E-state index in [9.17, 15) is 8.42 Å². The number of nitrogens with zero attached hydrogens (tertiary/aromatic N) is 1. The SMILES string of the molecule is Nc1ccc2oc(N3CCNC4CS(=O)(=O)CC43)cc2c1. The minimum atomic E-state index is -2.97. The molecule has 3 heterocycles. The molecule has 4 rings (SSSR count). The Morgan fingerprint density at radius 2 is 2.14 bits per heavy atom. The van der Waals surface area contributed by atoms with Gasteiger partial charge in [-0.1, -0.05) is 0 Å². The second-order valence-corrected chi connectivity index (χ2v) is 7.93. The predicted octanol–water partition coefficient (Wildman–Crippen LogP) is 0.590. The van der Waals surface area contributed by atoms with Gasteiger partial charge in [0.1, 0.15) is 5.58 Å². The van der Waals surface area contributed by atoms with Crippen LogP contribution < -0.4 is 16.0 Å². The molecule has 0 spiro atoms. The van der Waals surface area contributed by atoms with Crippen LogP contribution in [0.15, 0.2) is 28.7 Å². The normalized spacial score (nSPS) is 27.9. The van der Waals surface area contributed by atoms with Gasteiger partial charge in [-0.3, -0.25) is 0 Å². The summed E-state index contributed by atoms with van der Waals surface area (Å²) >= 11 is 0. The Hall–Kier alpha value is -1.73. The first-order chi connectivity index (χ1) is 10.0. The molecule has 0 aliphatic carbocycles. The topological polar surface area (TPSA) is 88.6 Å². The third-order valence-electron chi connectivity index (χ3n) is 4.29. The maximum atomic E-state index is 11.9. The first kappa shape index (κ1) is 13.0. The molecule has 1 aromatic heterocycles. The Balaban J connectivity index is 1.73.